The van der Waals surface area contributed by atoms with Gasteiger partial charge in [0.1, 0.15) is 12.4 Å². The molecule has 0 aromatic heterocycles. The number of carbonyl (C=O) groups excluding carboxylic acids is 1. The van der Waals surface area contributed by atoms with E-state index in [0.29, 0.717) is 12.3 Å². The van der Waals surface area contributed by atoms with Crippen LogP contribution in [0.4, 0.5) is 4.79 Å². The van der Waals surface area contributed by atoms with Crippen LogP contribution in [0.1, 0.15) is 22.6 Å². The van der Waals surface area contributed by atoms with Gasteiger partial charge in [-0.05, 0) is 39.9 Å². The second-order valence-electron chi connectivity index (χ2n) is 7.49. The lowest BCUT2D eigenvalue weighted by Gasteiger charge is -2.20. The molecule has 3 aromatic carbocycles. The number of ether oxygens (including phenoxy) is 2. The number of hydrogen-bond acceptors (Lipinski definition) is 4. The molecule has 3 aromatic rings. The second-order valence-corrected chi connectivity index (χ2v) is 7.49. The highest BCUT2D eigenvalue weighted by atomic mass is 16.6. The molecule has 0 atom stereocenters. The van der Waals surface area contributed by atoms with Crippen LogP contribution >= 0.6 is 0 Å². The van der Waals surface area contributed by atoms with E-state index in [4.69, 9.17) is 14.6 Å². The van der Waals surface area contributed by atoms with Crippen LogP contribution in [0.2, 0.25) is 0 Å². The molecular weight excluding hydrogens is 394 g/mol. The Labute approximate surface area is 180 Å². The first-order valence-electron chi connectivity index (χ1n) is 10.0. The third kappa shape index (κ3) is 4.53. The van der Waals surface area contributed by atoms with E-state index < -0.39 is 12.1 Å². The van der Waals surface area contributed by atoms with E-state index in [9.17, 15) is 9.59 Å². The topological polar surface area (TPSA) is 76.1 Å². The van der Waals surface area contributed by atoms with Gasteiger partial charge in [0.25, 0.3) is 0 Å². The number of carboxylic acid groups (broad SMARTS) is 1. The summed E-state index contributed by atoms with van der Waals surface area (Å²) in [6.07, 6.45) is -0.395. The molecule has 0 fully saturated rings. The van der Waals surface area contributed by atoms with E-state index in [2.05, 4.69) is 24.3 Å². The summed E-state index contributed by atoms with van der Waals surface area (Å²) in [5.74, 6) is -0.538. The van der Waals surface area contributed by atoms with Gasteiger partial charge in [-0.15, -0.1) is 0 Å². The van der Waals surface area contributed by atoms with Crippen molar-refractivity contribution in [3.8, 4) is 16.9 Å². The first-order chi connectivity index (χ1) is 15.0. The van der Waals surface area contributed by atoms with Crippen molar-refractivity contribution in [3.63, 3.8) is 0 Å². The van der Waals surface area contributed by atoms with Crippen molar-refractivity contribution < 1.29 is 24.2 Å². The Morgan fingerprint density at radius 2 is 1.48 bits per heavy atom. The van der Waals surface area contributed by atoms with Gasteiger partial charge in [0.2, 0.25) is 0 Å². The third-order valence-corrected chi connectivity index (χ3v) is 5.35. The number of hydrogen-bond donors (Lipinski definition) is 1. The Hall–Kier alpha value is -3.80. The molecule has 6 nitrogen and oxygen atoms in total. The first kappa shape index (κ1) is 20.5. The van der Waals surface area contributed by atoms with Gasteiger partial charge >= 0.3 is 12.1 Å². The monoisotopic (exact) mass is 417 g/mol. The van der Waals surface area contributed by atoms with Crippen LogP contribution in [0.5, 0.6) is 5.75 Å². The van der Waals surface area contributed by atoms with Crippen LogP contribution in [-0.4, -0.2) is 42.3 Å². The minimum absolute atomic E-state index is 0.0235. The van der Waals surface area contributed by atoms with Gasteiger partial charge in [-0.25, -0.2) is 9.59 Å². The summed E-state index contributed by atoms with van der Waals surface area (Å²) in [5.41, 5.74) is 5.63. The SMILES string of the molecule is CN(Cc1ccc(OCC(=O)O)cc1)C(=O)OCC1c2ccccc2-c2ccccc21. The van der Waals surface area contributed by atoms with Crippen molar-refractivity contribution >= 4 is 12.1 Å². The lowest BCUT2D eigenvalue weighted by atomic mass is 9.98. The number of benzene rings is 3. The Balaban J connectivity index is 1.36. The summed E-state index contributed by atoms with van der Waals surface area (Å²) in [5, 5.41) is 8.66. The molecule has 0 bridgehead atoms. The molecule has 0 saturated heterocycles. The fraction of sp³-hybridized carbons (Fsp3) is 0.200. The molecule has 1 N–H and O–H groups in total. The number of carboxylic acids is 1. The van der Waals surface area contributed by atoms with E-state index in [1.807, 2.05) is 24.3 Å². The van der Waals surface area contributed by atoms with Gasteiger partial charge in [-0.2, -0.15) is 0 Å². The fourth-order valence-electron chi connectivity index (χ4n) is 3.88. The molecule has 0 spiro atoms. The maximum Gasteiger partial charge on any atom is 0.409 e. The van der Waals surface area contributed by atoms with Crippen molar-refractivity contribution in [2.24, 2.45) is 0 Å². The standard InChI is InChI=1S/C25H23NO5/c1-26(14-17-10-12-18(13-11-17)30-16-24(27)28)25(29)31-15-23-21-8-4-2-6-19(21)20-7-3-5-9-22(20)23/h2-13,23H,14-16H2,1H3,(H,27,28). The van der Waals surface area contributed by atoms with E-state index in [1.165, 1.54) is 27.2 Å². The predicted octanol–water partition coefficient (Wildman–Crippen LogP) is 4.53. The highest BCUT2D eigenvalue weighted by Gasteiger charge is 2.29. The van der Waals surface area contributed by atoms with Gasteiger partial charge < -0.3 is 19.5 Å². The summed E-state index contributed by atoms with van der Waals surface area (Å²) in [7, 11) is 1.69. The molecule has 0 heterocycles. The number of rotatable bonds is 7. The average molecular weight is 417 g/mol. The fourth-order valence-corrected chi connectivity index (χ4v) is 3.88. The molecule has 0 radical (unpaired) electrons. The molecule has 1 aliphatic carbocycles. The molecule has 6 heteroatoms. The Morgan fingerprint density at radius 3 is 2.06 bits per heavy atom. The Kier molecular flexibility index (Phi) is 5.89. The highest BCUT2D eigenvalue weighted by molar-refractivity contribution is 5.79. The quantitative estimate of drug-likeness (QED) is 0.611. The maximum absolute atomic E-state index is 12.6. The largest absolute Gasteiger partial charge is 0.482 e. The molecule has 31 heavy (non-hydrogen) atoms. The smallest absolute Gasteiger partial charge is 0.409 e. The zero-order valence-electron chi connectivity index (χ0n) is 17.2. The number of fused-ring (bicyclic) bond motifs is 3. The lowest BCUT2D eigenvalue weighted by molar-refractivity contribution is -0.139. The van der Waals surface area contributed by atoms with E-state index in [-0.39, 0.29) is 19.1 Å². The Morgan fingerprint density at radius 1 is 0.903 bits per heavy atom. The highest BCUT2D eigenvalue weighted by Crippen LogP contribution is 2.44. The van der Waals surface area contributed by atoms with Crippen molar-refractivity contribution in [1.82, 2.24) is 4.90 Å². The lowest BCUT2D eigenvalue weighted by Crippen LogP contribution is -2.28. The Bertz CT molecular complexity index is 1050. The molecule has 158 valence electrons. The summed E-state index contributed by atoms with van der Waals surface area (Å²) >= 11 is 0. The maximum atomic E-state index is 12.6. The molecule has 0 aliphatic heterocycles. The van der Waals surface area contributed by atoms with Crippen LogP contribution in [-0.2, 0) is 16.1 Å². The molecule has 4 rings (SSSR count). The van der Waals surface area contributed by atoms with Gasteiger partial charge in [-0.1, -0.05) is 60.7 Å². The minimum Gasteiger partial charge on any atom is -0.482 e. The summed E-state index contributed by atoms with van der Waals surface area (Å²) < 4.78 is 10.8. The number of carbonyl (C=O) groups is 2. The molecule has 1 amide bonds. The van der Waals surface area contributed by atoms with Crippen molar-refractivity contribution in [2.75, 3.05) is 20.3 Å². The van der Waals surface area contributed by atoms with E-state index in [0.717, 1.165) is 5.56 Å². The van der Waals surface area contributed by atoms with Gasteiger partial charge in [0, 0.05) is 19.5 Å². The number of aliphatic carboxylic acids is 1. The van der Waals surface area contributed by atoms with Crippen LogP contribution in [0, 0.1) is 0 Å². The van der Waals surface area contributed by atoms with Gasteiger partial charge in [0.05, 0.1) is 0 Å². The summed E-state index contributed by atoms with van der Waals surface area (Å²) in [6.45, 7) is 0.258. The zero-order valence-corrected chi connectivity index (χ0v) is 17.2. The normalized spacial score (nSPS) is 12.0. The molecule has 0 saturated carbocycles. The molecule has 0 unspecified atom stereocenters. The second kappa shape index (κ2) is 8.92. The molecule has 1 aliphatic rings. The van der Waals surface area contributed by atoms with Crippen molar-refractivity contribution in [2.45, 2.75) is 12.5 Å². The summed E-state index contributed by atoms with van der Waals surface area (Å²) in [6, 6.07) is 23.4. The number of nitrogens with zero attached hydrogens (tertiary/aromatic N) is 1. The van der Waals surface area contributed by atoms with Crippen LogP contribution in [0.15, 0.2) is 72.8 Å². The van der Waals surface area contributed by atoms with E-state index >= 15 is 0 Å². The summed E-state index contributed by atoms with van der Waals surface area (Å²) in [4.78, 5) is 24.7. The van der Waals surface area contributed by atoms with Crippen LogP contribution in [0.3, 0.4) is 0 Å². The first-order valence-corrected chi connectivity index (χ1v) is 10.0. The number of amides is 1. The minimum atomic E-state index is -1.03. The van der Waals surface area contributed by atoms with Crippen LogP contribution in [0.25, 0.3) is 11.1 Å². The zero-order chi connectivity index (χ0) is 21.8. The molecular formula is C25H23NO5. The predicted molar refractivity (Wildman–Crippen MR) is 116 cm³/mol. The van der Waals surface area contributed by atoms with E-state index in [1.54, 1.807) is 31.3 Å². The third-order valence-electron chi connectivity index (χ3n) is 5.35. The average Bonchev–Trinajstić information content (AvgIpc) is 3.10. The van der Waals surface area contributed by atoms with Crippen molar-refractivity contribution in [1.29, 1.82) is 0 Å². The van der Waals surface area contributed by atoms with Gasteiger partial charge in [-0.3, -0.25) is 0 Å². The van der Waals surface area contributed by atoms with Crippen molar-refractivity contribution in [3.05, 3.63) is 89.5 Å². The van der Waals surface area contributed by atoms with Crippen LogP contribution < -0.4 is 4.74 Å². The van der Waals surface area contributed by atoms with Gasteiger partial charge in [0.15, 0.2) is 6.61 Å².